The normalized spacial score (nSPS) is 24.9. The first kappa shape index (κ1) is 17.0. The number of hydrogen-bond acceptors (Lipinski definition) is 5. The van der Waals surface area contributed by atoms with Crippen molar-refractivity contribution in [3.63, 3.8) is 0 Å². The molecule has 0 aromatic heterocycles. The Morgan fingerprint density at radius 1 is 1.36 bits per heavy atom. The highest BCUT2D eigenvalue weighted by atomic mass is 16.6. The van der Waals surface area contributed by atoms with Gasteiger partial charge in [0.1, 0.15) is 5.60 Å². The Morgan fingerprint density at radius 2 is 2.00 bits per heavy atom. The summed E-state index contributed by atoms with van der Waals surface area (Å²) in [6.07, 6.45) is 0.663. The third kappa shape index (κ3) is 3.70. The zero-order chi connectivity index (χ0) is 16.5. The fourth-order valence-electron chi connectivity index (χ4n) is 3.28. The van der Waals surface area contributed by atoms with E-state index in [1.807, 2.05) is 20.8 Å². The van der Waals surface area contributed by atoms with E-state index in [2.05, 4.69) is 4.90 Å². The maximum Gasteiger partial charge on any atom is 0.410 e. The van der Waals surface area contributed by atoms with Gasteiger partial charge < -0.3 is 20.5 Å². The number of carboxylic acids is 1. The molecule has 2 aliphatic rings. The summed E-state index contributed by atoms with van der Waals surface area (Å²) in [6.45, 7) is 8.56. The van der Waals surface area contributed by atoms with Gasteiger partial charge in [-0.1, -0.05) is 0 Å². The maximum atomic E-state index is 12.1. The average Bonchev–Trinajstić information content (AvgIpc) is 2.79. The summed E-state index contributed by atoms with van der Waals surface area (Å²) >= 11 is 0. The van der Waals surface area contributed by atoms with Gasteiger partial charge in [-0.25, -0.2) is 4.79 Å². The lowest BCUT2D eigenvalue weighted by Crippen LogP contribution is -2.71. The molecule has 7 nitrogen and oxygen atoms in total. The Balaban J connectivity index is 1.99. The minimum absolute atomic E-state index is 0.0452. The molecule has 126 valence electrons. The molecule has 0 spiro atoms. The van der Waals surface area contributed by atoms with Crippen molar-refractivity contribution in [2.45, 2.75) is 44.8 Å². The van der Waals surface area contributed by atoms with Crippen LogP contribution in [-0.2, 0) is 9.53 Å². The van der Waals surface area contributed by atoms with Gasteiger partial charge in [-0.3, -0.25) is 9.69 Å². The molecule has 2 rings (SSSR count). The molecule has 2 heterocycles. The first-order valence-electron chi connectivity index (χ1n) is 7.80. The Hall–Kier alpha value is -1.34. The molecule has 0 aromatic carbocycles. The van der Waals surface area contributed by atoms with Crippen LogP contribution in [0.5, 0.6) is 0 Å². The minimum Gasteiger partial charge on any atom is -0.481 e. The predicted octanol–water partition coefficient (Wildman–Crippen LogP) is 0.731. The largest absolute Gasteiger partial charge is 0.481 e. The number of carboxylic acid groups (broad SMARTS) is 1. The molecule has 2 fully saturated rings. The zero-order valence-corrected chi connectivity index (χ0v) is 13.7. The molecular weight excluding hydrogens is 286 g/mol. The van der Waals surface area contributed by atoms with E-state index in [9.17, 15) is 14.7 Å². The van der Waals surface area contributed by atoms with Crippen LogP contribution in [0.3, 0.4) is 0 Å². The molecule has 0 bridgehead atoms. The number of carbonyl (C=O) groups is 2. The molecule has 0 saturated carbocycles. The topological polar surface area (TPSA) is 96.1 Å². The van der Waals surface area contributed by atoms with Crippen molar-refractivity contribution in [1.29, 1.82) is 0 Å². The molecule has 1 amide bonds. The van der Waals surface area contributed by atoms with Crippen molar-refractivity contribution in [3.05, 3.63) is 0 Å². The van der Waals surface area contributed by atoms with Gasteiger partial charge in [0.15, 0.2) is 0 Å². The summed E-state index contributed by atoms with van der Waals surface area (Å²) in [5.74, 6) is -0.415. The lowest BCUT2D eigenvalue weighted by Gasteiger charge is -2.54. The number of amides is 1. The van der Waals surface area contributed by atoms with Gasteiger partial charge in [-0.05, 0) is 46.2 Å². The quantitative estimate of drug-likeness (QED) is 0.794. The van der Waals surface area contributed by atoms with Crippen molar-refractivity contribution in [3.8, 4) is 0 Å². The van der Waals surface area contributed by atoms with E-state index in [0.717, 1.165) is 19.5 Å². The fraction of sp³-hybridized carbons (Fsp3) is 0.867. The van der Waals surface area contributed by atoms with E-state index >= 15 is 0 Å². The smallest absolute Gasteiger partial charge is 0.410 e. The standard InChI is InChI=1S/C15H27N3O4/c1-14(2,3)22-13(21)17-9-15(10-17,6-12(19)20)18-5-4-11(7-16)8-18/h11H,4-10,16H2,1-3H3,(H,19,20). The van der Waals surface area contributed by atoms with Crippen molar-refractivity contribution in [1.82, 2.24) is 9.80 Å². The second kappa shape index (κ2) is 6.04. The number of carbonyl (C=O) groups excluding carboxylic acids is 1. The second-order valence-electron chi connectivity index (χ2n) is 7.47. The van der Waals surface area contributed by atoms with Crippen LogP contribution in [0.2, 0.25) is 0 Å². The highest BCUT2D eigenvalue weighted by Crippen LogP contribution is 2.36. The molecular formula is C15H27N3O4. The fourth-order valence-corrected chi connectivity index (χ4v) is 3.28. The van der Waals surface area contributed by atoms with E-state index in [1.54, 1.807) is 4.90 Å². The molecule has 0 radical (unpaired) electrons. The lowest BCUT2D eigenvalue weighted by molar-refractivity contribution is -0.145. The summed E-state index contributed by atoms with van der Waals surface area (Å²) in [5, 5.41) is 9.22. The Morgan fingerprint density at radius 3 is 2.45 bits per heavy atom. The molecule has 1 atom stereocenters. The van der Waals surface area contributed by atoms with Gasteiger partial charge in [0, 0.05) is 19.6 Å². The molecule has 3 N–H and O–H groups in total. The van der Waals surface area contributed by atoms with Crippen LogP contribution >= 0.6 is 0 Å². The van der Waals surface area contributed by atoms with Crippen LogP contribution in [0, 0.1) is 5.92 Å². The first-order valence-corrected chi connectivity index (χ1v) is 7.80. The number of nitrogens with two attached hydrogens (primary N) is 1. The lowest BCUT2D eigenvalue weighted by atomic mass is 9.84. The minimum atomic E-state index is -0.833. The van der Waals surface area contributed by atoms with Gasteiger partial charge in [0.2, 0.25) is 0 Å². The van der Waals surface area contributed by atoms with Crippen LogP contribution in [-0.4, -0.2) is 70.8 Å². The van der Waals surface area contributed by atoms with E-state index in [4.69, 9.17) is 10.5 Å². The van der Waals surface area contributed by atoms with E-state index in [-0.39, 0.29) is 12.5 Å². The molecule has 7 heteroatoms. The van der Waals surface area contributed by atoms with Gasteiger partial charge in [-0.15, -0.1) is 0 Å². The van der Waals surface area contributed by atoms with Crippen LogP contribution in [0.15, 0.2) is 0 Å². The average molecular weight is 313 g/mol. The van der Waals surface area contributed by atoms with E-state index < -0.39 is 17.1 Å². The highest BCUT2D eigenvalue weighted by Gasteiger charge is 2.52. The van der Waals surface area contributed by atoms with Crippen molar-refractivity contribution < 1.29 is 19.4 Å². The highest BCUT2D eigenvalue weighted by molar-refractivity contribution is 5.73. The SMILES string of the molecule is CC(C)(C)OC(=O)N1CC(CC(=O)O)(N2CCC(CN)C2)C1. The molecule has 2 saturated heterocycles. The Labute approximate surface area is 131 Å². The number of rotatable bonds is 4. The number of likely N-dealkylation sites (tertiary alicyclic amines) is 2. The molecule has 0 aromatic rings. The summed E-state index contributed by atoms with van der Waals surface area (Å²) in [5.41, 5.74) is 4.71. The molecule has 0 aliphatic carbocycles. The first-order chi connectivity index (χ1) is 10.1. The van der Waals surface area contributed by atoms with Crippen LogP contribution in [0.25, 0.3) is 0 Å². The summed E-state index contributed by atoms with van der Waals surface area (Å²) in [7, 11) is 0. The van der Waals surface area contributed by atoms with Crippen LogP contribution in [0.1, 0.15) is 33.6 Å². The summed E-state index contributed by atoms with van der Waals surface area (Å²) in [6, 6.07) is 0. The third-order valence-electron chi connectivity index (χ3n) is 4.39. The van der Waals surface area contributed by atoms with Gasteiger partial charge in [0.05, 0.1) is 12.0 Å². The van der Waals surface area contributed by atoms with Crippen molar-refractivity contribution in [2.24, 2.45) is 11.7 Å². The maximum absolute atomic E-state index is 12.1. The van der Waals surface area contributed by atoms with E-state index in [0.29, 0.717) is 25.6 Å². The van der Waals surface area contributed by atoms with Gasteiger partial charge in [0.25, 0.3) is 0 Å². The number of nitrogens with zero attached hydrogens (tertiary/aromatic N) is 2. The predicted molar refractivity (Wildman–Crippen MR) is 81.5 cm³/mol. The van der Waals surface area contributed by atoms with Crippen LogP contribution < -0.4 is 5.73 Å². The number of aliphatic carboxylic acids is 1. The number of ether oxygens (including phenoxy) is 1. The molecule has 22 heavy (non-hydrogen) atoms. The third-order valence-corrected chi connectivity index (χ3v) is 4.39. The zero-order valence-electron chi connectivity index (χ0n) is 13.7. The van der Waals surface area contributed by atoms with E-state index in [1.165, 1.54) is 0 Å². The Bertz CT molecular complexity index is 441. The van der Waals surface area contributed by atoms with Gasteiger partial charge in [-0.2, -0.15) is 0 Å². The van der Waals surface area contributed by atoms with Gasteiger partial charge >= 0.3 is 12.1 Å². The Kier molecular flexibility index (Phi) is 4.67. The van der Waals surface area contributed by atoms with Crippen molar-refractivity contribution >= 4 is 12.1 Å². The van der Waals surface area contributed by atoms with Crippen LogP contribution in [0.4, 0.5) is 4.79 Å². The summed E-state index contributed by atoms with van der Waals surface area (Å²) < 4.78 is 5.35. The monoisotopic (exact) mass is 313 g/mol. The molecule has 1 unspecified atom stereocenters. The second-order valence-corrected chi connectivity index (χ2v) is 7.47. The molecule has 2 aliphatic heterocycles. The van der Waals surface area contributed by atoms with Crippen molar-refractivity contribution in [2.75, 3.05) is 32.7 Å². The number of hydrogen-bond donors (Lipinski definition) is 2. The summed E-state index contributed by atoms with van der Waals surface area (Å²) in [4.78, 5) is 27.1.